The van der Waals surface area contributed by atoms with Gasteiger partial charge in [-0.05, 0) is 49.8 Å². The maximum absolute atomic E-state index is 12.6. The monoisotopic (exact) mass is 386 g/mol. The van der Waals surface area contributed by atoms with E-state index in [4.69, 9.17) is 4.74 Å². The van der Waals surface area contributed by atoms with E-state index < -0.39 is 5.41 Å². The molecule has 3 rings (SSSR count). The highest BCUT2D eigenvalue weighted by Crippen LogP contribution is 2.49. The Morgan fingerprint density at radius 3 is 2.50 bits per heavy atom. The predicted octanol–water partition coefficient (Wildman–Crippen LogP) is 3.04. The van der Waals surface area contributed by atoms with Crippen molar-refractivity contribution < 1.29 is 19.1 Å². The summed E-state index contributed by atoms with van der Waals surface area (Å²) in [5.74, 6) is 1.20. The van der Waals surface area contributed by atoms with Gasteiger partial charge in [0.25, 0.3) is 0 Å². The first-order chi connectivity index (χ1) is 13.6. The van der Waals surface area contributed by atoms with E-state index in [-0.39, 0.29) is 23.5 Å². The summed E-state index contributed by atoms with van der Waals surface area (Å²) in [5, 5.41) is 5.38. The van der Waals surface area contributed by atoms with Gasteiger partial charge in [-0.1, -0.05) is 25.0 Å². The Labute approximate surface area is 166 Å². The molecule has 1 spiro atoms. The van der Waals surface area contributed by atoms with E-state index in [9.17, 15) is 14.4 Å². The molecule has 152 valence electrons. The van der Waals surface area contributed by atoms with E-state index in [2.05, 4.69) is 10.6 Å². The molecule has 2 aliphatic rings. The van der Waals surface area contributed by atoms with Gasteiger partial charge in [0.1, 0.15) is 23.9 Å². The second-order valence-electron chi connectivity index (χ2n) is 7.74. The standard InChI is InChI=1S/C22H30N2O4/c1-2-23-21(27)24-13-14-28-18-8-6-16(7-9-18)15-17-5-3-4-12-22(17)19(25)10-11-20(22)26/h6-9,17H,2-5,10-15H2,1H3,(H2,23,24,27). The average molecular weight is 386 g/mol. The first-order valence-electron chi connectivity index (χ1n) is 10.4. The van der Waals surface area contributed by atoms with Crippen LogP contribution in [0.2, 0.25) is 0 Å². The van der Waals surface area contributed by atoms with Crippen LogP contribution >= 0.6 is 0 Å². The summed E-state index contributed by atoms with van der Waals surface area (Å²) in [6, 6.07) is 7.65. The van der Waals surface area contributed by atoms with E-state index in [1.54, 1.807) is 0 Å². The summed E-state index contributed by atoms with van der Waals surface area (Å²) >= 11 is 0. The van der Waals surface area contributed by atoms with Crippen molar-refractivity contribution in [3.8, 4) is 5.75 Å². The molecule has 28 heavy (non-hydrogen) atoms. The molecule has 0 bridgehead atoms. The molecule has 2 N–H and O–H groups in total. The number of ketones is 2. The molecule has 1 unspecified atom stereocenters. The minimum atomic E-state index is -0.710. The molecule has 0 aromatic heterocycles. The van der Waals surface area contributed by atoms with Crippen LogP contribution in [0.25, 0.3) is 0 Å². The van der Waals surface area contributed by atoms with Crippen LogP contribution in [-0.2, 0) is 16.0 Å². The third-order valence-corrected chi connectivity index (χ3v) is 6.04. The Kier molecular flexibility index (Phi) is 6.70. The average Bonchev–Trinajstić information content (AvgIpc) is 2.97. The summed E-state index contributed by atoms with van der Waals surface area (Å²) in [6.45, 7) is 3.28. The molecule has 0 radical (unpaired) electrons. The van der Waals surface area contributed by atoms with Crippen molar-refractivity contribution in [2.75, 3.05) is 19.7 Å². The molecule has 0 saturated heterocycles. The second kappa shape index (κ2) is 9.22. The molecule has 1 atom stereocenters. The molecule has 2 fully saturated rings. The fraction of sp³-hybridized carbons (Fsp3) is 0.591. The highest BCUT2D eigenvalue weighted by molar-refractivity contribution is 6.13. The lowest BCUT2D eigenvalue weighted by Gasteiger charge is -2.39. The zero-order valence-corrected chi connectivity index (χ0v) is 16.6. The van der Waals surface area contributed by atoms with Crippen LogP contribution in [0.4, 0.5) is 4.79 Å². The van der Waals surface area contributed by atoms with Crippen molar-refractivity contribution in [3.05, 3.63) is 29.8 Å². The number of nitrogens with one attached hydrogen (secondary N) is 2. The van der Waals surface area contributed by atoms with Crippen molar-refractivity contribution in [2.24, 2.45) is 11.3 Å². The Hall–Kier alpha value is -2.37. The zero-order chi connectivity index (χ0) is 20.0. The van der Waals surface area contributed by atoms with Gasteiger partial charge in [0.15, 0.2) is 0 Å². The highest BCUT2D eigenvalue weighted by atomic mass is 16.5. The van der Waals surface area contributed by atoms with Crippen LogP contribution in [0.15, 0.2) is 24.3 Å². The lowest BCUT2D eigenvalue weighted by molar-refractivity contribution is -0.141. The fourth-order valence-electron chi connectivity index (χ4n) is 4.65. The summed E-state index contributed by atoms with van der Waals surface area (Å²) < 4.78 is 5.66. The Bertz CT molecular complexity index is 698. The SMILES string of the molecule is CCNC(=O)NCCOc1ccc(CC2CCCCC23C(=O)CCC3=O)cc1. The Balaban J connectivity index is 1.54. The van der Waals surface area contributed by atoms with Gasteiger partial charge in [-0.25, -0.2) is 4.79 Å². The number of amides is 2. The Morgan fingerprint density at radius 1 is 1.11 bits per heavy atom. The van der Waals surface area contributed by atoms with Gasteiger partial charge in [0.05, 0.1) is 12.0 Å². The summed E-state index contributed by atoms with van der Waals surface area (Å²) in [6.07, 6.45) is 5.35. The van der Waals surface area contributed by atoms with Gasteiger partial charge in [-0.2, -0.15) is 0 Å². The highest BCUT2D eigenvalue weighted by Gasteiger charge is 2.54. The number of rotatable bonds is 7. The van der Waals surface area contributed by atoms with Crippen LogP contribution in [0.3, 0.4) is 0 Å². The normalized spacial score (nSPS) is 21.0. The number of benzene rings is 1. The topological polar surface area (TPSA) is 84.5 Å². The van der Waals surface area contributed by atoms with Crippen LogP contribution in [0, 0.1) is 11.3 Å². The van der Waals surface area contributed by atoms with Crippen molar-refractivity contribution >= 4 is 17.6 Å². The molecule has 6 heteroatoms. The molecule has 1 aromatic carbocycles. The quantitative estimate of drug-likeness (QED) is 0.557. The maximum atomic E-state index is 12.6. The lowest BCUT2D eigenvalue weighted by atomic mass is 9.62. The van der Waals surface area contributed by atoms with Gasteiger partial charge >= 0.3 is 6.03 Å². The first kappa shape index (κ1) is 20.4. The first-order valence-corrected chi connectivity index (χ1v) is 10.4. The van der Waals surface area contributed by atoms with Crippen molar-refractivity contribution in [2.45, 2.75) is 51.9 Å². The summed E-state index contributed by atoms with van der Waals surface area (Å²) in [4.78, 5) is 36.5. The molecule has 1 aromatic rings. The van der Waals surface area contributed by atoms with Gasteiger partial charge < -0.3 is 15.4 Å². The predicted molar refractivity (Wildman–Crippen MR) is 106 cm³/mol. The molecular weight excluding hydrogens is 356 g/mol. The maximum Gasteiger partial charge on any atom is 0.314 e. The van der Waals surface area contributed by atoms with E-state index in [1.807, 2.05) is 31.2 Å². The number of urea groups is 1. The van der Waals surface area contributed by atoms with Gasteiger partial charge in [0, 0.05) is 19.4 Å². The molecule has 2 amide bonds. The van der Waals surface area contributed by atoms with Crippen LogP contribution in [-0.4, -0.2) is 37.3 Å². The van der Waals surface area contributed by atoms with Crippen LogP contribution < -0.4 is 15.4 Å². The molecule has 0 heterocycles. The number of hydrogen-bond donors (Lipinski definition) is 2. The fourth-order valence-corrected chi connectivity index (χ4v) is 4.65. The zero-order valence-electron chi connectivity index (χ0n) is 16.6. The molecular formula is C22H30N2O4. The van der Waals surface area contributed by atoms with E-state index in [1.165, 1.54) is 0 Å². The third-order valence-electron chi connectivity index (χ3n) is 6.04. The van der Waals surface area contributed by atoms with Crippen LogP contribution in [0.1, 0.15) is 51.0 Å². The number of carbonyl (C=O) groups is 3. The van der Waals surface area contributed by atoms with E-state index in [0.717, 1.165) is 43.4 Å². The van der Waals surface area contributed by atoms with Crippen LogP contribution in [0.5, 0.6) is 5.75 Å². The minimum absolute atomic E-state index is 0.122. The van der Waals surface area contributed by atoms with Gasteiger partial charge in [-0.3, -0.25) is 9.59 Å². The van der Waals surface area contributed by atoms with Crippen molar-refractivity contribution in [3.63, 3.8) is 0 Å². The minimum Gasteiger partial charge on any atom is -0.492 e. The van der Waals surface area contributed by atoms with Gasteiger partial charge in [0.2, 0.25) is 0 Å². The van der Waals surface area contributed by atoms with E-state index in [0.29, 0.717) is 32.5 Å². The number of hydrogen-bond acceptors (Lipinski definition) is 4. The molecule has 0 aliphatic heterocycles. The molecule has 2 aliphatic carbocycles. The summed E-state index contributed by atoms with van der Waals surface area (Å²) in [7, 11) is 0. The van der Waals surface area contributed by atoms with Gasteiger partial charge in [-0.15, -0.1) is 0 Å². The summed E-state index contributed by atoms with van der Waals surface area (Å²) in [5.41, 5.74) is 0.421. The van der Waals surface area contributed by atoms with Crippen molar-refractivity contribution in [1.82, 2.24) is 10.6 Å². The number of Topliss-reactive ketones (excluding diaryl/α,β-unsaturated/α-hetero) is 2. The molecule has 2 saturated carbocycles. The molecule has 6 nitrogen and oxygen atoms in total. The lowest BCUT2D eigenvalue weighted by Crippen LogP contribution is -2.43. The third kappa shape index (κ3) is 4.37. The second-order valence-corrected chi connectivity index (χ2v) is 7.74. The van der Waals surface area contributed by atoms with E-state index >= 15 is 0 Å². The van der Waals surface area contributed by atoms with Crippen molar-refractivity contribution in [1.29, 1.82) is 0 Å². The largest absolute Gasteiger partial charge is 0.492 e. The smallest absolute Gasteiger partial charge is 0.314 e. The number of ether oxygens (including phenoxy) is 1. The Morgan fingerprint density at radius 2 is 1.82 bits per heavy atom. The number of carbonyl (C=O) groups excluding carboxylic acids is 3.